The number of aliphatic imine (C=N–C) groups is 1. The van der Waals surface area contributed by atoms with Crippen LogP contribution in [0.3, 0.4) is 0 Å². The van der Waals surface area contributed by atoms with Crippen molar-refractivity contribution in [3.05, 3.63) is 30.1 Å². The van der Waals surface area contributed by atoms with Gasteiger partial charge in [-0.25, -0.2) is 0 Å². The molecule has 0 spiro atoms. The number of methoxy groups -OCH3 is 1. The molecule has 1 unspecified atom stereocenters. The van der Waals surface area contributed by atoms with Gasteiger partial charge in [0.15, 0.2) is 0 Å². The molecule has 0 aromatic carbocycles. The predicted octanol–water partition coefficient (Wildman–Crippen LogP) is 3.63. The summed E-state index contributed by atoms with van der Waals surface area (Å²) in [6.07, 6.45) is 6.02. The molecule has 0 aliphatic rings. The highest BCUT2D eigenvalue weighted by Crippen LogP contribution is 2.25. The van der Waals surface area contributed by atoms with E-state index in [4.69, 9.17) is 4.74 Å². The van der Waals surface area contributed by atoms with Gasteiger partial charge in [-0.1, -0.05) is 13.3 Å². The maximum absolute atomic E-state index is 5.38. The van der Waals surface area contributed by atoms with Crippen molar-refractivity contribution in [2.45, 2.75) is 32.7 Å². The van der Waals surface area contributed by atoms with E-state index >= 15 is 0 Å². The van der Waals surface area contributed by atoms with Crippen LogP contribution >= 0.6 is 0 Å². The minimum atomic E-state index is 0.340. The Kier molecular flexibility index (Phi) is 4.44. The third-order valence-electron chi connectivity index (χ3n) is 3.08. The average molecular weight is 259 g/mol. The van der Waals surface area contributed by atoms with Crippen LogP contribution in [0.25, 0.3) is 11.4 Å². The lowest BCUT2D eigenvalue weighted by Crippen LogP contribution is -1.98. The van der Waals surface area contributed by atoms with Crippen LogP contribution in [0, 0.1) is 0 Å². The Morgan fingerprint density at radius 1 is 1.42 bits per heavy atom. The Bertz CT molecular complexity index is 526. The first-order valence-corrected chi connectivity index (χ1v) is 6.68. The number of rotatable bonds is 6. The molecule has 0 radical (unpaired) electrons. The fraction of sp³-hybridized carbons (Fsp3) is 0.400. The minimum Gasteiger partial charge on any atom is -0.494 e. The standard InChI is InChI=1S/C15H21N3O/c1-4-6-11(2)17-10-14-15(19-3)9-13(18-14)12-7-5-8-16-12/h5,7-11,16,18H,4,6H2,1-3H3. The molecule has 19 heavy (non-hydrogen) atoms. The monoisotopic (exact) mass is 259 g/mol. The summed E-state index contributed by atoms with van der Waals surface area (Å²) in [5.74, 6) is 0.817. The topological polar surface area (TPSA) is 53.2 Å². The smallest absolute Gasteiger partial charge is 0.146 e. The van der Waals surface area contributed by atoms with E-state index in [1.165, 1.54) is 0 Å². The van der Waals surface area contributed by atoms with E-state index in [-0.39, 0.29) is 0 Å². The van der Waals surface area contributed by atoms with Gasteiger partial charge < -0.3 is 14.7 Å². The van der Waals surface area contributed by atoms with Crippen molar-refractivity contribution in [2.24, 2.45) is 4.99 Å². The molecule has 0 fully saturated rings. The summed E-state index contributed by atoms with van der Waals surface area (Å²) in [5.41, 5.74) is 2.96. The molecule has 0 amide bonds. The van der Waals surface area contributed by atoms with Gasteiger partial charge in [-0.15, -0.1) is 0 Å². The van der Waals surface area contributed by atoms with Crippen LogP contribution in [-0.2, 0) is 0 Å². The highest BCUT2D eigenvalue weighted by molar-refractivity contribution is 5.83. The van der Waals surface area contributed by atoms with Crippen molar-refractivity contribution in [2.75, 3.05) is 7.11 Å². The number of nitrogens with one attached hydrogen (secondary N) is 2. The number of aromatic nitrogens is 2. The molecule has 0 aliphatic carbocycles. The molecule has 2 N–H and O–H groups in total. The van der Waals surface area contributed by atoms with Crippen LogP contribution in [0.4, 0.5) is 0 Å². The lowest BCUT2D eigenvalue weighted by Gasteiger charge is -2.02. The van der Waals surface area contributed by atoms with E-state index in [9.17, 15) is 0 Å². The molecule has 0 aliphatic heterocycles. The molecule has 2 heterocycles. The highest BCUT2D eigenvalue weighted by atomic mass is 16.5. The Labute approximate surface area is 113 Å². The Balaban J connectivity index is 2.20. The van der Waals surface area contributed by atoms with Crippen molar-refractivity contribution in [3.8, 4) is 17.1 Å². The van der Waals surface area contributed by atoms with E-state index < -0.39 is 0 Å². The van der Waals surface area contributed by atoms with E-state index in [1.54, 1.807) is 7.11 Å². The van der Waals surface area contributed by atoms with Gasteiger partial charge in [-0.3, -0.25) is 4.99 Å². The maximum Gasteiger partial charge on any atom is 0.146 e. The van der Waals surface area contributed by atoms with Crippen molar-refractivity contribution in [1.29, 1.82) is 0 Å². The Hall–Kier alpha value is -1.97. The lowest BCUT2D eigenvalue weighted by atomic mass is 10.2. The van der Waals surface area contributed by atoms with Crippen LogP contribution in [0.5, 0.6) is 5.75 Å². The molecule has 2 aromatic rings. The van der Waals surface area contributed by atoms with Crippen LogP contribution < -0.4 is 4.74 Å². The second-order valence-corrected chi connectivity index (χ2v) is 4.66. The van der Waals surface area contributed by atoms with Crippen molar-refractivity contribution in [3.63, 3.8) is 0 Å². The number of H-pyrrole nitrogens is 2. The van der Waals surface area contributed by atoms with Gasteiger partial charge in [0, 0.05) is 24.5 Å². The van der Waals surface area contributed by atoms with E-state index in [1.807, 2.05) is 30.6 Å². The van der Waals surface area contributed by atoms with E-state index in [0.29, 0.717) is 6.04 Å². The summed E-state index contributed by atoms with van der Waals surface area (Å²) in [4.78, 5) is 11.0. The van der Waals surface area contributed by atoms with E-state index in [2.05, 4.69) is 28.8 Å². The zero-order valence-corrected chi connectivity index (χ0v) is 11.7. The zero-order chi connectivity index (χ0) is 13.7. The lowest BCUT2D eigenvalue weighted by molar-refractivity contribution is 0.415. The number of hydrogen-bond acceptors (Lipinski definition) is 2. The molecule has 0 saturated carbocycles. The van der Waals surface area contributed by atoms with Crippen molar-refractivity contribution >= 4 is 6.21 Å². The van der Waals surface area contributed by atoms with Crippen LogP contribution in [-0.4, -0.2) is 29.3 Å². The molecule has 102 valence electrons. The normalized spacial score (nSPS) is 13.0. The number of ether oxygens (including phenoxy) is 1. The molecular weight excluding hydrogens is 238 g/mol. The number of nitrogens with zero attached hydrogens (tertiary/aromatic N) is 1. The zero-order valence-electron chi connectivity index (χ0n) is 11.7. The largest absolute Gasteiger partial charge is 0.494 e. The molecule has 4 heteroatoms. The summed E-state index contributed by atoms with van der Waals surface area (Å²) in [5, 5.41) is 0. The SMILES string of the molecule is CCCC(C)N=Cc1[nH]c(-c2ccc[nH]2)cc1OC. The van der Waals surface area contributed by atoms with Crippen LogP contribution in [0.1, 0.15) is 32.4 Å². The molecule has 2 aromatic heterocycles. The van der Waals surface area contributed by atoms with Gasteiger partial charge in [0.1, 0.15) is 5.75 Å². The first-order valence-electron chi connectivity index (χ1n) is 6.68. The average Bonchev–Trinajstić information content (AvgIpc) is 3.05. The third-order valence-corrected chi connectivity index (χ3v) is 3.08. The van der Waals surface area contributed by atoms with Gasteiger partial charge in [0.05, 0.1) is 24.2 Å². The molecule has 2 rings (SSSR count). The maximum atomic E-state index is 5.38. The molecule has 0 saturated heterocycles. The summed E-state index contributed by atoms with van der Waals surface area (Å²) in [7, 11) is 1.68. The second-order valence-electron chi connectivity index (χ2n) is 4.66. The minimum absolute atomic E-state index is 0.340. The first kappa shape index (κ1) is 13.5. The predicted molar refractivity (Wildman–Crippen MR) is 79.1 cm³/mol. The quantitative estimate of drug-likeness (QED) is 0.765. The van der Waals surface area contributed by atoms with E-state index in [0.717, 1.165) is 35.7 Å². The van der Waals surface area contributed by atoms with Gasteiger partial charge in [-0.2, -0.15) is 0 Å². The number of hydrogen-bond donors (Lipinski definition) is 2. The van der Waals surface area contributed by atoms with Gasteiger partial charge >= 0.3 is 0 Å². The summed E-state index contributed by atoms with van der Waals surface area (Å²) >= 11 is 0. The molecule has 1 atom stereocenters. The fourth-order valence-electron chi connectivity index (χ4n) is 2.05. The van der Waals surface area contributed by atoms with Crippen molar-refractivity contribution in [1.82, 2.24) is 9.97 Å². The Morgan fingerprint density at radius 2 is 2.26 bits per heavy atom. The van der Waals surface area contributed by atoms with Crippen LogP contribution in [0.2, 0.25) is 0 Å². The van der Waals surface area contributed by atoms with Crippen molar-refractivity contribution < 1.29 is 4.74 Å². The molecule has 4 nitrogen and oxygen atoms in total. The van der Waals surface area contributed by atoms with Crippen LogP contribution in [0.15, 0.2) is 29.4 Å². The Morgan fingerprint density at radius 3 is 2.89 bits per heavy atom. The van der Waals surface area contributed by atoms with Gasteiger partial charge in [-0.05, 0) is 25.5 Å². The summed E-state index contributed by atoms with van der Waals surface area (Å²) < 4.78 is 5.38. The number of aromatic amines is 2. The second kappa shape index (κ2) is 6.27. The molecular formula is C15H21N3O. The first-order chi connectivity index (χ1) is 9.24. The highest BCUT2D eigenvalue weighted by Gasteiger charge is 2.09. The van der Waals surface area contributed by atoms with Gasteiger partial charge in [0.25, 0.3) is 0 Å². The summed E-state index contributed by atoms with van der Waals surface area (Å²) in [6, 6.07) is 6.32. The van der Waals surface area contributed by atoms with Gasteiger partial charge in [0.2, 0.25) is 0 Å². The summed E-state index contributed by atoms with van der Waals surface area (Å²) in [6.45, 7) is 4.30. The fourth-order valence-corrected chi connectivity index (χ4v) is 2.05. The third kappa shape index (κ3) is 3.28. The molecule has 0 bridgehead atoms.